The minimum atomic E-state index is -3.41. The smallest absolute Gasteiger partial charge is 0.252 e. The number of amides is 1. The van der Waals surface area contributed by atoms with Gasteiger partial charge in [-0.1, -0.05) is 6.07 Å². The van der Waals surface area contributed by atoms with Crippen LogP contribution in [-0.2, 0) is 21.2 Å². The highest BCUT2D eigenvalue weighted by Gasteiger charge is 2.30. The molecule has 3 rings (SSSR count). The van der Waals surface area contributed by atoms with Crippen LogP contribution in [0.2, 0.25) is 0 Å². The van der Waals surface area contributed by atoms with Crippen molar-refractivity contribution in [3.63, 3.8) is 0 Å². The van der Waals surface area contributed by atoms with E-state index < -0.39 is 10.0 Å². The SMILES string of the molecule is O=C(Cc1ccc[nH]1)N1CCN(S(=O)(=O)c2cccs2)CC1. The molecule has 1 aliphatic rings. The Morgan fingerprint density at radius 1 is 1.18 bits per heavy atom. The molecule has 2 aromatic heterocycles. The molecular formula is C14H17N3O3S2. The fourth-order valence-electron chi connectivity index (χ4n) is 2.47. The van der Waals surface area contributed by atoms with Gasteiger partial charge in [-0.3, -0.25) is 4.79 Å². The predicted octanol–water partition coefficient (Wildman–Crippen LogP) is 1.15. The minimum Gasteiger partial charge on any atom is -0.365 e. The molecule has 0 aliphatic carbocycles. The number of nitrogens with one attached hydrogen (secondary N) is 1. The van der Waals surface area contributed by atoms with Gasteiger partial charge in [0.2, 0.25) is 5.91 Å². The maximum absolute atomic E-state index is 12.4. The van der Waals surface area contributed by atoms with Crippen LogP contribution < -0.4 is 0 Å². The van der Waals surface area contributed by atoms with Crippen molar-refractivity contribution in [2.45, 2.75) is 10.6 Å². The first-order chi connectivity index (χ1) is 10.6. The second kappa shape index (κ2) is 6.23. The lowest BCUT2D eigenvalue weighted by Gasteiger charge is -2.33. The van der Waals surface area contributed by atoms with Gasteiger partial charge in [-0.15, -0.1) is 11.3 Å². The molecule has 0 bridgehead atoms. The summed E-state index contributed by atoms with van der Waals surface area (Å²) in [4.78, 5) is 16.9. The second-order valence-electron chi connectivity index (χ2n) is 5.09. The number of hydrogen-bond acceptors (Lipinski definition) is 4. The van der Waals surface area contributed by atoms with Crippen molar-refractivity contribution in [2.24, 2.45) is 0 Å². The van der Waals surface area contributed by atoms with Crippen molar-refractivity contribution in [3.8, 4) is 0 Å². The molecule has 118 valence electrons. The highest BCUT2D eigenvalue weighted by atomic mass is 32.2. The fourth-order valence-corrected chi connectivity index (χ4v) is 5.03. The molecule has 0 spiro atoms. The molecule has 6 nitrogen and oxygen atoms in total. The quantitative estimate of drug-likeness (QED) is 0.908. The summed E-state index contributed by atoms with van der Waals surface area (Å²) < 4.78 is 26.6. The van der Waals surface area contributed by atoms with E-state index in [1.807, 2.05) is 12.1 Å². The zero-order chi connectivity index (χ0) is 15.6. The summed E-state index contributed by atoms with van der Waals surface area (Å²) in [5.41, 5.74) is 0.874. The Labute approximate surface area is 133 Å². The normalized spacial score (nSPS) is 16.8. The average molecular weight is 339 g/mol. The first-order valence-electron chi connectivity index (χ1n) is 7.01. The standard InChI is InChI=1S/C14H17N3O3S2/c18-13(11-12-3-1-5-15-12)16-6-8-17(9-7-16)22(19,20)14-4-2-10-21-14/h1-5,10,15H,6-9,11H2. The number of thiophene rings is 1. The molecule has 2 aromatic rings. The van der Waals surface area contributed by atoms with E-state index in [9.17, 15) is 13.2 Å². The van der Waals surface area contributed by atoms with Crippen molar-refractivity contribution in [1.29, 1.82) is 0 Å². The summed E-state index contributed by atoms with van der Waals surface area (Å²) in [6, 6.07) is 7.07. The van der Waals surface area contributed by atoms with Crippen LogP contribution in [0.15, 0.2) is 40.1 Å². The third kappa shape index (κ3) is 3.08. The van der Waals surface area contributed by atoms with E-state index in [1.54, 1.807) is 28.6 Å². The van der Waals surface area contributed by atoms with Crippen LogP contribution in [0, 0.1) is 0 Å². The summed E-state index contributed by atoms with van der Waals surface area (Å²) in [6.45, 7) is 1.56. The van der Waals surface area contributed by atoms with E-state index >= 15 is 0 Å². The molecule has 0 aromatic carbocycles. The van der Waals surface area contributed by atoms with Crippen molar-refractivity contribution >= 4 is 27.3 Å². The molecule has 1 amide bonds. The van der Waals surface area contributed by atoms with Gasteiger partial charge in [-0.05, 0) is 23.6 Å². The number of aromatic nitrogens is 1. The third-order valence-electron chi connectivity index (χ3n) is 3.68. The van der Waals surface area contributed by atoms with Gasteiger partial charge in [0.25, 0.3) is 10.0 Å². The molecule has 0 saturated carbocycles. The predicted molar refractivity (Wildman–Crippen MR) is 84.2 cm³/mol. The summed E-state index contributed by atoms with van der Waals surface area (Å²) in [6.07, 6.45) is 2.11. The molecule has 1 saturated heterocycles. The van der Waals surface area contributed by atoms with Crippen molar-refractivity contribution < 1.29 is 13.2 Å². The minimum absolute atomic E-state index is 0.0237. The van der Waals surface area contributed by atoms with E-state index in [-0.39, 0.29) is 5.91 Å². The largest absolute Gasteiger partial charge is 0.365 e. The summed E-state index contributed by atoms with van der Waals surface area (Å²) >= 11 is 1.22. The topological polar surface area (TPSA) is 73.5 Å². The third-order valence-corrected chi connectivity index (χ3v) is 6.96. The molecule has 0 unspecified atom stereocenters. The van der Waals surface area contributed by atoms with Crippen LogP contribution in [0.4, 0.5) is 0 Å². The maximum atomic E-state index is 12.4. The van der Waals surface area contributed by atoms with Gasteiger partial charge >= 0.3 is 0 Å². The monoisotopic (exact) mass is 339 g/mol. The number of piperazine rings is 1. The highest BCUT2D eigenvalue weighted by molar-refractivity contribution is 7.91. The van der Waals surface area contributed by atoms with Gasteiger partial charge in [-0.25, -0.2) is 8.42 Å². The Morgan fingerprint density at radius 3 is 2.55 bits per heavy atom. The zero-order valence-electron chi connectivity index (χ0n) is 11.9. The van der Waals surface area contributed by atoms with Crippen LogP contribution >= 0.6 is 11.3 Å². The zero-order valence-corrected chi connectivity index (χ0v) is 13.6. The maximum Gasteiger partial charge on any atom is 0.252 e. The number of H-pyrrole nitrogens is 1. The van der Waals surface area contributed by atoms with Crippen LogP contribution in [0.3, 0.4) is 0 Å². The van der Waals surface area contributed by atoms with Crippen LogP contribution in [0.1, 0.15) is 5.69 Å². The number of aromatic amines is 1. The number of rotatable bonds is 4. The summed E-state index contributed by atoms with van der Waals surface area (Å²) in [5, 5.41) is 1.75. The lowest BCUT2D eigenvalue weighted by molar-refractivity contribution is -0.131. The van der Waals surface area contributed by atoms with Gasteiger partial charge in [0.1, 0.15) is 4.21 Å². The van der Waals surface area contributed by atoms with Crippen LogP contribution in [-0.4, -0.2) is 54.7 Å². The lowest BCUT2D eigenvalue weighted by atomic mass is 10.2. The molecule has 1 aliphatic heterocycles. The fraction of sp³-hybridized carbons (Fsp3) is 0.357. The molecular weight excluding hydrogens is 322 g/mol. The van der Waals surface area contributed by atoms with E-state index in [0.29, 0.717) is 36.8 Å². The van der Waals surface area contributed by atoms with E-state index in [0.717, 1.165) is 5.69 Å². The van der Waals surface area contributed by atoms with Gasteiger partial charge in [-0.2, -0.15) is 4.31 Å². The van der Waals surface area contributed by atoms with Crippen molar-refractivity contribution in [2.75, 3.05) is 26.2 Å². The molecule has 3 heterocycles. The number of sulfonamides is 1. The number of carbonyl (C=O) groups is 1. The highest BCUT2D eigenvalue weighted by Crippen LogP contribution is 2.22. The lowest BCUT2D eigenvalue weighted by Crippen LogP contribution is -2.50. The van der Waals surface area contributed by atoms with Crippen LogP contribution in [0.25, 0.3) is 0 Å². The summed E-state index contributed by atoms with van der Waals surface area (Å²) in [5.74, 6) is 0.0237. The molecule has 1 N–H and O–H groups in total. The van der Waals surface area contributed by atoms with E-state index in [2.05, 4.69) is 4.98 Å². The Bertz CT molecular complexity index is 715. The Kier molecular flexibility index (Phi) is 4.32. The molecule has 8 heteroatoms. The van der Waals surface area contributed by atoms with E-state index in [4.69, 9.17) is 0 Å². The molecule has 22 heavy (non-hydrogen) atoms. The van der Waals surface area contributed by atoms with Crippen LogP contribution in [0.5, 0.6) is 0 Å². The first kappa shape index (κ1) is 15.3. The Balaban J connectivity index is 1.60. The molecule has 0 radical (unpaired) electrons. The average Bonchev–Trinajstić information content (AvgIpc) is 3.21. The van der Waals surface area contributed by atoms with Crippen molar-refractivity contribution in [3.05, 3.63) is 41.5 Å². The summed E-state index contributed by atoms with van der Waals surface area (Å²) in [7, 11) is -3.41. The molecule has 0 atom stereocenters. The Hall–Kier alpha value is -1.64. The Morgan fingerprint density at radius 2 is 1.95 bits per heavy atom. The second-order valence-corrected chi connectivity index (χ2v) is 8.20. The van der Waals surface area contributed by atoms with Gasteiger partial charge in [0.15, 0.2) is 0 Å². The van der Waals surface area contributed by atoms with Gasteiger partial charge in [0.05, 0.1) is 6.42 Å². The molecule has 1 fully saturated rings. The van der Waals surface area contributed by atoms with Gasteiger partial charge in [0, 0.05) is 38.1 Å². The van der Waals surface area contributed by atoms with E-state index in [1.165, 1.54) is 15.6 Å². The number of hydrogen-bond donors (Lipinski definition) is 1. The number of carbonyl (C=O) groups excluding carboxylic acids is 1. The van der Waals surface area contributed by atoms with Gasteiger partial charge < -0.3 is 9.88 Å². The first-order valence-corrected chi connectivity index (χ1v) is 9.33. The number of nitrogens with zero attached hydrogens (tertiary/aromatic N) is 2. The van der Waals surface area contributed by atoms with Crippen molar-refractivity contribution in [1.82, 2.24) is 14.2 Å².